The Kier molecular flexibility index (Phi) is 3.92. The summed E-state index contributed by atoms with van der Waals surface area (Å²) in [5, 5.41) is 9.96. The Hall–Kier alpha value is -1.76. The highest BCUT2D eigenvalue weighted by molar-refractivity contribution is 7.13. The predicted molar refractivity (Wildman–Crippen MR) is 54.3 cm³/mol. The summed E-state index contributed by atoms with van der Waals surface area (Å²) < 4.78 is 4.70. The van der Waals surface area contributed by atoms with Crippen molar-refractivity contribution in [2.75, 3.05) is 5.32 Å². The average Bonchev–Trinajstić information content (AvgIpc) is 2.70. The van der Waals surface area contributed by atoms with Crippen molar-refractivity contribution in [1.29, 1.82) is 0 Å². The number of amides is 1. The van der Waals surface area contributed by atoms with E-state index >= 15 is 0 Å². The van der Waals surface area contributed by atoms with Gasteiger partial charge in [0.05, 0.1) is 0 Å². The largest absolute Gasteiger partial charge is 0.449 e. The Balaban J connectivity index is 2.46. The van der Waals surface area contributed by atoms with Crippen LogP contribution in [0.5, 0.6) is 0 Å². The van der Waals surface area contributed by atoms with Gasteiger partial charge in [0, 0.05) is 6.08 Å². The van der Waals surface area contributed by atoms with Crippen LogP contribution in [0.2, 0.25) is 0 Å². The first-order valence-corrected chi connectivity index (χ1v) is 4.91. The molecule has 1 aromatic rings. The molecule has 0 aromatic carbocycles. The maximum Gasteiger partial charge on any atom is 0.330 e. The summed E-state index contributed by atoms with van der Waals surface area (Å²) in [5.74, 6) is -1.10. The van der Waals surface area contributed by atoms with Gasteiger partial charge in [0.15, 0.2) is 6.10 Å². The SMILES string of the molecule is C=CC(=O)OC(C)C(=O)Nc1nncs1. The van der Waals surface area contributed by atoms with E-state index in [2.05, 4.69) is 22.1 Å². The van der Waals surface area contributed by atoms with Gasteiger partial charge in [0.2, 0.25) is 5.13 Å². The quantitative estimate of drug-likeness (QED) is 0.601. The fraction of sp³-hybridized carbons (Fsp3) is 0.250. The molecule has 6 nitrogen and oxygen atoms in total. The van der Waals surface area contributed by atoms with E-state index in [1.54, 1.807) is 0 Å². The molecular formula is C8H9N3O3S. The van der Waals surface area contributed by atoms with Crippen molar-refractivity contribution in [3.8, 4) is 0 Å². The van der Waals surface area contributed by atoms with Gasteiger partial charge in [0.25, 0.3) is 5.91 Å². The van der Waals surface area contributed by atoms with E-state index in [1.807, 2.05) is 0 Å². The molecular weight excluding hydrogens is 218 g/mol. The lowest BCUT2D eigenvalue weighted by Crippen LogP contribution is -2.29. The third-order valence-electron chi connectivity index (χ3n) is 1.42. The number of rotatable bonds is 4. The first-order valence-electron chi connectivity index (χ1n) is 4.03. The molecule has 1 heterocycles. The number of hydrogen-bond acceptors (Lipinski definition) is 6. The van der Waals surface area contributed by atoms with E-state index < -0.39 is 18.0 Å². The Morgan fingerprint density at radius 1 is 1.73 bits per heavy atom. The predicted octanol–water partition coefficient (Wildman–Crippen LogP) is 0.594. The van der Waals surface area contributed by atoms with Crippen LogP contribution in [0.1, 0.15) is 6.92 Å². The molecule has 1 atom stereocenters. The molecule has 0 aliphatic heterocycles. The van der Waals surface area contributed by atoms with Crippen LogP contribution >= 0.6 is 11.3 Å². The summed E-state index contributed by atoms with van der Waals surface area (Å²) in [6, 6.07) is 0. The summed E-state index contributed by atoms with van der Waals surface area (Å²) in [6.45, 7) is 4.68. The minimum atomic E-state index is -0.889. The number of aromatic nitrogens is 2. The minimum Gasteiger partial charge on any atom is -0.449 e. The molecule has 0 radical (unpaired) electrons. The second-order valence-electron chi connectivity index (χ2n) is 2.52. The standard InChI is InChI=1S/C8H9N3O3S/c1-3-6(12)14-5(2)7(13)10-8-11-9-4-15-8/h3-5H,1H2,2H3,(H,10,11,13). The highest BCUT2D eigenvalue weighted by Gasteiger charge is 2.17. The first kappa shape index (κ1) is 11.3. The molecule has 1 N–H and O–H groups in total. The number of esters is 1. The van der Waals surface area contributed by atoms with E-state index in [4.69, 9.17) is 4.74 Å². The van der Waals surface area contributed by atoms with Gasteiger partial charge in [-0.3, -0.25) is 10.1 Å². The number of carbonyl (C=O) groups is 2. The van der Waals surface area contributed by atoms with Gasteiger partial charge in [-0.25, -0.2) is 4.79 Å². The molecule has 0 fully saturated rings. The lowest BCUT2D eigenvalue weighted by Gasteiger charge is -2.09. The summed E-state index contributed by atoms with van der Waals surface area (Å²) in [6.07, 6.45) is 0.105. The molecule has 0 saturated heterocycles. The summed E-state index contributed by atoms with van der Waals surface area (Å²) in [7, 11) is 0. The summed E-state index contributed by atoms with van der Waals surface area (Å²) in [4.78, 5) is 22.2. The zero-order chi connectivity index (χ0) is 11.3. The lowest BCUT2D eigenvalue weighted by atomic mass is 10.4. The van der Waals surface area contributed by atoms with Gasteiger partial charge >= 0.3 is 5.97 Å². The van der Waals surface area contributed by atoms with Crippen LogP contribution < -0.4 is 5.32 Å². The lowest BCUT2D eigenvalue weighted by molar-refractivity contribution is -0.148. The van der Waals surface area contributed by atoms with Gasteiger partial charge in [-0.1, -0.05) is 17.9 Å². The number of anilines is 1. The molecule has 0 bridgehead atoms. The second kappa shape index (κ2) is 5.20. The van der Waals surface area contributed by atoms with Crippen molar-refractivity contribution in [2.45, 2.75) is 13.0 Å². The van der Waals surface area contributed by atoms with E-state index in [0.29, 0.717) is 5.13 Å². The number of nitrogens with zero attached hydrogens (tertiary/aromatic N) is 2. The molecule has 0 aliphatic rings. The Morgan fingerprint density at radius 2 is 2.47 bits per heavy atom. The topological polar surface area (TPSA) is 81.2 Å². The number of ether oxygens (including phenoxy) is 1. The number of nitrogens with one attached hydrogen (secondary N) is 1. The van der Waals surface area contributed by atoms with Crippen molar-refractivity contribution >= 4 is 28.3 Å². The molecule has 1 rings (SSSR count). The third kappa shape index (κ3) is 3.47. The monoisotopic (exact) mass is 227 g/mol. The van der Waals surface area contributed by atoms with Gasteiger partial charge in [-0.2, -0.15) is 0 Å². The second-order valence-corrected chi connectivity index (χ2v) is 3.35. The zero-order valence-electron chi connectivity index (χ0n) is 7.97. The van der Waals surface area contributed by atoms with Crippen LogP contribution in [0.3, 0.4) is 0 Å². The smallest absolute Gasteiger partial charge is 0.330 e. The fourth-order valence-corrected chi connectivity index (χ4v) is 1.16. The van der Waals surface area contributed by atoms with E-state index in [-0.39, 0.29) is 0 Å². The fourth-order valence-electron chi connectivity index (χ4n) is 0.710. The van der Waals surface area contributed by atoms with Crippen LogP contribution in [-0.2, 0) is 14.3 Å². The molecule has 0 saturated carbocycles. The first-order chi connectivity index (χ1) is 7.13. The van der Waals surface area contributed by atoms with Crippen LogP contribution in [0.15, 0.2) is 18.2 Å². The van der Waals surface area contributed by atoms with Crippen molar-refractivity contribution in [3.63, 3.8) is 0 Å². The third-order valence-corrected chi connectivity index (χ3v) is 2.03. The molecule has 0 spiro atoms. The molecule has 15 heavy (non-hydrogen) atoms. The minimum absolute atomic E-state index is 0.363. The Labute approximate surface area is 90.0 Å². The average molecular weight is 227 g/mol. The van der Waals surface area contributed by atoms with E-state index in [1.165, 1.54) is 23.8 Å². The number of carbonyl (C=O) groups excluding carboxylic acids is 2. The van der Waals surface area contributed by atoms with Crippen molar-refractivity contribution in [3.05, 3.63) is 18.2 Å². The summed E-state index contributed by atoms with van der Waals surface area (Å²) in [5.41, 5.74) is 1.48. The van der Waals surface area contributed by atoms with E-state index in [9.17, 15) is 9.59 Å². The van der Waals surface area contributed by atoms with Crippen LogP contribution in [0.25, 0.3) is 0 Å². The molecule has 1 aromatic heterocycles. The molecule has 1 amide bonds. The molecule has 0 aliphatic carbocycles. The van der Waals surface area contributed by atoms with Crippen LogP contribution in [0, 0.1) is 0 Å². The maximum absolute atomic E-state index is 11.4. The highest BCUT2D eigenvalue weighted by atomic mass is 32.1. The summed E-state index contributed by atoms with van der Waals surface area (Å²) >= 11 is 1.18. The van der Waals surface area contributed by atoms with Crippen molar-refractivity contribution in [1.82, 2.24) is 10.2 Å². The Bertz CT molecular complexity index is 363. The van der Waals surface area contributed by atoms with Gasteiger partial charge in [0.1, 0.15) is 5.51 Å². The number of hydrogen-bond donors (Lipinski definition) is 1. The molecule has 1 unspecified atom stereocenters. The van der Waals surface area contributed by atoms with E-state index in [0.717, 1.165) is 6.08 Å². The highest BCUT2D eigenvalue weighted by Crippen LogP contribution is 2.08. The molecule has 7 heteroatoms. The van der Waals surface area contributed by atoms with Crippen LogP contribution in [0.4, 0.5) is 5.13 Å². The molecule has 80 valence electrons. The van der Waals surface area contributed by atoms with Gasteiger partial charge in [-0.15, -0.1) is 10.2 Å². The van der Waals surface area contributed by atoms with Crippen molar-refractivity contribution < 1.29 is 14.3 Å². The maximum atomic E-state index is 11.4. The zero-order valence-corrected chi connectivity index (χ0v) is 8.78. The normalized spacial score (nSPS) is 11.5. The van der Waals surface area contributed by atoms with Crippen LogP contribution in [-0.4, -0.2) is 28.2 Å². The van der Waals surface area contributed by atoms with Crippen molar-refractivity contribution in [2.24, 2.45) is 0 Å². The van der Waals surface area contributed by atoms with Gasteiger partial charge < -0.3 is 4.74 Å². The Morgan fingerprint density at radius 3 is 3.00 bits per heavy atom. The van der Waals surface area contributed by atoms with Gasteiger partial charge in [-0.05, 0) is 6.92 Å².